The zero-order chi connectivity index (χ0) is 6.41. The van der Waals surface area contributed by atoms with Crippen LogP contribution in [0.4, 0.5) is 0 Å². The first-order valence-electron chi connectivity index (χ1n) is 2.18. The molecule has 48 valence electrons. The van der Waals surface area contributed by atoms with Crippen molar-refractivity contribution in [2.24, 2.45) is 0 Å². The minimum absolute atomic E-state index is 0.376. The second-order valence-corrected chi connectivity index (χ2v) is 1.89. The Morgan fingerprint density at radius 3 is 2.62 bits per heavy atom. The second kappa shape index (κ2) is 4.73. The molecule has 0 aliphatic rings. The van der Waals surface area contributed by atoms with Gasteiger partial charge in [-0.15, -0.1) is 0 Å². The highest BCUT2D eigenvalue weighted by atomic mass is 28.3. The molecule has 0 aromatic carbocycles. The van der Waals surface area contributed by atoms with Crippen molar-refractivity contribution in [1.82, 2.24) is 0 Å². The van der Waals surface area contributed by atoms with Gasteiger partial charge in [0, 0.05) is 0 Å². The average Bonchev–Trinajstić information content (AvgIpc) is 1.68. The van der Waals surface area contributed by atoms with Gasteiger partial charge in [0.2, 0.25) is 0 Å². The Morgan fingerprint density at radius 1 is 1.62 bits per heavy atom. The van der Waals surface area contributed by atoms with Crippen LogP contribution < -0.4 is 0 Å². The van der Waals surface area contributed by atoms with Gasteiger partial charge in [-0.3, -0.25) is 4.46 Å². The summed E-state index contributed by atoms with van der Waals surface area (Å²) >= 11 is 0. The van der Waals surface area contributed by atoms with Crippen LogP contribution in [0.5, 0.6) is 0 Å². The Balaban J connectivity index is 3.06. The topological polar surface area (TPSA) is 44.8 Å². The van der Waals surface area contributed by atoms with E-state index in [2.05, 4.69) is 13.9 Å². The van der Waals surface area contributed by atoms with Crippen LogP contribution in [0.2, 0.25) is 0 Å². The van der Waals surface area contributed by atoms with Crippen molar-refractivity contribution in [1.29, 1.82) is 0 Å². The Labute approximate surface area is 49.2 Å². The van der Waals surface area contributed by atoms with E-state index < -0.39 is 9.17 Å². The number of hydrogen-bond donors (Lipinski definition) is 0. The smallest absolute Gasteiger partial charge is 0.495 e. The predicted octanol–water partition coefficient (Wildman–Crippen LogP) is 0.0163. The second-order valence-electron chi connectivity index (χ2n) is 0.933. The van der Waals surface area contributed by atoms with Gasteiger partial charge in [-0.1, -0.05) is 0 Å². The summed E-state index contributed by atoms with van der Waals surface area (Å²) in [5, 5.41) is 0. The lowest BCUT2D eigenvalue weighted by Gasteiger charge is -1.95. The molecule has 0 radical (unpaired) electrons. The first-order chi connectivity index (χ1) is 3.81. The summed E-state index contributed by atoms with van der Waals surface area (Å²) in [4.78, 5) is 4.06. The van der Waals surface area contributed by atoms with Gasteiger partial charge in [0.1, 0.15) is 0 Å². The monoisotopic (exact) mass is 136 g/mol. The summed E-state index contributed by atoms with van der Waals surface area (Å²) < 4.78 is 18.8. The van der Waals surface area contributed by atoms with Gasteiger partial charge < -0.3 is 9.00 Å². The summed E-state index contributed by atoms with van der Waals surface area (Å²) in [6, 6.07) is 0. The zero-order valence-corrected chi connectivity index (χ0v) is 5.84. The standard InChI is InChI=1S/C3H8O4Si/c1-3-6-8(4)7-5-2/h3H2,1-2H3. The van der Waals surface area contributed by atoms with Gasteiger partial charge in [-0.05, 0) is 6.92 Å². The van der Waals surface area contributed by atoms with E-state index in [0.717, 1.165) is 0 Å². The maximum Gasteiger partial charge on any atom is 0.801 e. The lowest BCUT2D eigenvalue weighted by molar-refractivity contribution is -0.202. The molecule has 0 aromatic heterocycles. The molecule has 0 aliphatic carbocycles. The lowest BCUT2D eigenvalue weighted by Crippen LogP contribution is -2.10. The Kier molecular flexibility index (Phi) is 4.48. The fraction of sp³-hybridized carbons (Fsp3) is 1.00. The molecule has 0 amide bonds. The maximum absolute atomic E-state index is 10.3. The van der Waals surface area contributed by atoms with E-state index in [4.69, 9.17) is 0 Å². The average molecular weight is 136 g/mol. The number of hydrogen-bond acceptors (Lipinski definition) is 4. The van der Waals surface area contributed by atoms with E-state index >= 15 is 0 Å². The molecule has 0 aromatic rings. The molecule has 0 saturated heterocycles. The zero-order valence-electron chi connectivity index (χ0n) is 4.84. The van der Waals surface area contributed by atoms with Gasteiger partial charge in [-0.2, -0.15) is 0 Å². The summed E-state index contributed by atoms with van der Waals surface area (Å²) in [7, 11) is -1.08. The molecule has 8 heavy (non-hydrogen) atoms. The minimum atomic E-state index is -2.36. The first kappa shape index (κ1) is 7.58. The van der Waals surface area contributed by atoms with Gasteiger partial charge in [0.05, 0.1) is 13.7 Å². The Bertz CT molecular complexity index is 65.7. The van der Waals surface area contributed by atoms with Crippen molar-refractivity contribution in [3.63, 3.8) is 0 Å². The minimum Gasteiger partial charge on any atom is -0.495 e. The van der Waals surface area contributed by atoms with Crippen LogP contribution in [-0.4, -0.2) is 22.9 Å². The third-order valence-electron chi connectivity index (χ3n) is 0.414. The van der Waals surface area contributed by atoms with E-state index in [1.807, 2.05) is 0 Å². The van der Waals surface area contributed by atoms with Crippen molar-refractivity contribution >= 4 is 9.17 Å². The molecular formula is C3H8O4Si. The van der Waals surface area contributed by atoms with Gasteiger partial charge in [-0.25, -0.2) is 4.89 Å². The normalized spacial score (nSPS) is 8.25. The molecule has 0 saturated carbocycles. The van der Waals surface area contributed by atoms with Crippen molar-refractivity contribution in [3.8, 4) is 0 Å². The third-order valence-corrected chi connectivity index (χ3v) is 1.24. The molecule has 4 nitrogen and oxygen atoms in total. The molecular weight excluding hydrogens is 128 g/mol. The molecule has 0 unspecified atom stereocenters. The maximum atomic E-state index is 10.3. The highest BCUT2D eigenvalue weighted by molar-refractivity contribution is 6.25. The fourth-order valence-electron chi connectivity index (χ4n) is 0.210. The van der Waals surface area contributed by atoms with Crippen LogP contribution in [-0.2, 0) is 18.4 Å². The molecule has 0 bridgehead atoms. The molecule has 0 rings (SSSR count). The quantitative estimate of drug-likeness (QED) is 0.310. The van der Waals surface area contributed by atoms with Crippen LogP contribution in [0, 0.1) is 0 Å². The van der Waals surface area contributed by atoms with E-state index in [9.17, 15) is 4.46 Å². The van der Waals surface area contributed by atoms with Gasteiger partial charge in [0.25, 0.3) is 0 Å². The van der Waals surface area contributed by atoms with Gasteiger partial charge in [0.15, 0.2) is 0 Å². The van der Waals surface area contributed by atoms with Crippen LogP contribution in [0.3, 0.4) is 0 Å². The van der Waals surface area contributed by atoms with E-state index in [1.165, 1.54) is 7.11 Å². The van der Waals surface area contributed by atoms with E-state index in [0.29, 0.717) is 6.61 Å². The Hall–Kier alpha value is -0.423. The fourth-order valence-corrected chi connectivity index (χ4v) is 0.630. The Morgan fingerprint density at radius 2 is 2.25 bits per heavy atom. The molecule has 0 aliphatic heterocycles. The van der Waals surface area contributed by atoms with Crippen molar-refractivity contribution < 1.29 is 18.4 Å². The van der Waals surface area contributed by atoms with E-state index in [-0.39, 0.29) is 0 Å². The lowest BCUT2D eigenvalue weighted by atomic mass is 10.9. The van der Waals surface area contributed by atoms with E-state index in [1.54, 1.807) is 6.92 Å². The SMILES string of the molecule is CCO[Si](=O)OOC. The van der Waals surface area contributed by atoms with Gasteiger partial charge >= 0.3 is 9.17 Å². The van der Waals surface area contributed by atoms with Crippen LogP contribution in [0.25, 0.3) is 0 Å². The summed E-state index contributed by atoms with van der Waals surface area (Å²) in [5.41, 5.74) is 0. The summed E-state index contributed by atoms with van der Waals surface area (Å²) in [6.45, 7) is 2.10. The first-order valence-corrected chi connectivity index (χ1v) is 3.41. The highest BCUT2D eigenvalue weighted by Gasteiger charge is 2.08. The van der Waals surface area contributed by atoms with Crippen LogP contribution in [0.1, 0.15) is 6.92 Å². The molecule has 0 fully saturated rings. The van der Waals surface area contributed by atoms with Crippen LogP contribution >= 0.6 is 0 Å². The third kappa shape index (κ3) is 3.76. The van der Waals surface area contributed by atoms with Crippen molar-refractivity contribution in [3.05, 3.63) is 0 Å². The number of rotatable bonds is 4. The molecule has 0 heterocycles. The summed E-state index contributed by atoms with van der Waals surface area (Å²) in [5.74, 6) is 0. The van der Waals surface area contributed by atoms with Crippen molar-refractivity contribution in [2.45, 2.75) is 6.92 Å². The summed E-state index contributed by atoms with van der Waals surface area (Å²) in [6.07, 6.45) is 0. The molecule has 0 N–H and O–H groups in total. The molecule has 5 heteroatoms. The molecule has 0 atom stereocenters. The molecule has 0 spiro atoms. The largest absolute Gasteiger partial charge is 0.801 e. The van der Waals surface area contributed by atoms with Crippen molar-refractivity contribution in [2.75, 3.05) is 13.7 Å². The predicted molar refractivity (Wildman–Crippen MR) is 26.2 cm³/mol. The highest BCUT2D eigenvalue weighted by Crippen LogP contribution is 1.76. The van der Waals surface area contributed by atoms with Crippen LogP contribution in [0.15, 0.2) is 0 Å².